The molecular formula is C31H44O4. The second-order valence-electron chi connectivity index (χ2n) is 12.9. The molecule has 2 fully saturated rings. The monoisotopic (exact) mass is 480 g/mol. The number of carbonyl (C=O) groups is 3. The number of rotatable bonds is 5. The molecule has 2 saturated carbocycles. The fourth-order valence-corrected chi connectivity index (χ4v) is 9.03. The van der Waals surface area contributed by atoms with E-state index in [9.17, 15) is 14.4 Å². The number of allylic oxidation sites excluding steroid dienone is 4. The number of esters is 1. The lowest BCUT2D eigenvalue weighted by atomic mass is 9.48. The highest BCUT2D eigenvalue weighted by Gasteiger charge is 2.64. The Bertz CT molecular complexity index is 1040. The summed E-state index contributed by atoms with van der Waals surface area (Å²) in [7, 11) is 1.34. The average molecular weight is 481 g/mol. The smallest absolute Gasteiger partial charge is 0.333 e. The molecule has 0 bridgehead atoms. The Kier molecular flexibility index (Phi) is 6.38. The first-order chi connectivity index (χ1) is 16.3. The lowest BCUT2D eigenvalue weighted by Gasteiger charge is -2.55. The lowest BCUT2D eigenvalue weighted by Crippen LogP contribution is -2.50. The van der Waals surface area contributed by atoms with Crippen LogP contribution in [0.5, 0.6) is 0 Å². The Labute approximate surface area is 211 Å². The van der Waals surface area contributed by atoms with E-state index in [1.807, 2.05) is 0 Å². The van der Waals surface area contributed by atoms with Gasteiger partial charge >= 0.3 is 5.97 Å². The Balaban J connectivity index is 1.70. The molecule has 35 heavy (non-hydrogen) atoms. The predicted octanol–water partition coefficient (Wildman–Crippen LogP) is 6.94. The van der Waals surface area contributed by atoms with Gasteiger partial charge in [-0.05, 0) is 80.6 Å². The van der Waals surface area contributed by atoms with Crippen molar-refractivity contribution in [2.45, 2.75) is 99.3 Å². The summed E-state index contributed by atoms with van der Waals surface area (Å²) in [6.45, 7) is 17.7. The van der Waals surface area contributed by atoms with Crippen LogP contribution in [0.25, 0.3) is 0 Å². The van der Waals surface area contributed by atoms with Crippen molar-refractivity contribution in [3.63, 3.8) is 0 Å². The van der Waals surface area contributed by atoms with E-state index in [2.05, 4.69) is 41.2 Å². The molecular weight excluding hydrogens is 436 g/mol. The second kappa shape index (κ2) is 8.56. The lowest BCUT2D eigenvalue weighted by molar-refractivity contribution is -0.139. The van der Waals surface area contributed by atoms with E-state index in [0.717, 1.165) is 44.9 Å². The Morgan fingerprint density at radius 2 is 1.74 bits per heavy atom. The Hall–Kier alpha value is -1.97. The van der Waals surface area contributed by atoms with Crippen molar-refractivity contribution in [1.82, 2.24) is 0 Å². The summed E-state index contributed by atoms with van der Waals surface area (Å²) in [6, 6.07) is 0. The van der Waals surface area contributed by atoms with Crippen LogP contribution in [-0.4, -0.2) is 24.6 Å². The molecule has 5 atom stereocenters. The maximum atomic E-state index is 12.9. The summed E-state index contributed by atoms with van der Waals surface area (Å²) in [6.07, 6.45) is 9.84. The molecule has 0 amide bonds. The molecule has 0 unspecified atom stereocenters. The van der Waals surface area contributed by atoms with E-state index < -0.39 is 5.97 Å². The first-order valence-electron chi connectivity index (χ1n) is 13.5. The van der Waals surface area contributed by atoms with Gasteiger partial charge in [0.2, 0.25) is 0 Å². The molecule has 4 aliphatic rings. The van der Waals surface area contributed by atoms with Crippen LogP contribution in [0, 0.1) is 33.5 Å². The summed E-state index contributed by atoms with van der Waals surface area (Å²) in [5, 5.41) is 0. The molecule has 0 radical (unpaired) electrons. The minimum Gasteiger partial charge on any atom is -0.466 e. The highest BCUT2D eigenvalue weighted by Crippen LogP contribution is 2.73. The Morgan fingerprint density at radius 3 is 2.40 bits per heavy atom. The number of carbonyl (C=O) groups excluding carboxylic acids is 3. The summed E-state index contributed by atoms with van der Waals surface area (Å²) >= 11 is 0. The zero-order chi connectivity index (χ0) is 26.0. The van der Waals surface area contributed by atoms with Gasteiger partial charge in [0.25, 0.3) is 0 Å². The first kappa shape index (κ1) is 26.1. The fraction of sp³-hybridized carbons (Fsp3) is 0.710. The van der Waals surface area contributed by atoms with Crippen molar-refractivity contribution in [2.24, 2.45) is 33.5 Å². The Morgan fingerprint density at radius 1 is 1.06 bits per heavy atom. The van der Waals surface area contributed by atoms with Crippen LogP contribution in [0.15, 0.2) is 34.9 Å². The van der Waals surface area contributed by atoms with Gasteiger partial charge in [-0.2, -0.15) is 0 Å². The van der Waals surface area contributed by atoms with Crippen LogP contribution >= 0.6 is 0 Å². The highest BCUT2D eigenvalue weighted by molar-refractivity contribution is 5.99. The number of Topliss-reactive ketones (excluding diaryl/α,β-unsaturated/α-hetero) is 1. The van der Waals surface area contributed by atoms with Crippen molar-refractivity contribution in [3.8, 4) is 0 Å². The third-order valence-electron chi connectivity index (χ3n) is 11.2. The molecule has 4 heteroatoms. The van der Waals surface area contributed by atoms with Crippen molar-refractivity contribution in [1.29, 1.82) is 0 Å². The van der Waals surface area contributed by atoms with Gasteiger partial charge in [0.05, 0.1) is 7.11 Å². The third kappa shape index (κ3) is 3.56. The number of methoxy groups -OCH3 is 1. The van der Waals surface area contributed by atoms with Crippen molar-refractivity contribution in [2.75, 3.05) is 7.11 Å². The van der Waals surface area contributed by atoms with E-state index in [1.54, 1.807) is 18.1 Å². The van der Waals surface area contributed by atoms with E-state index in [4.69, 9.17) is 4.74 Å². The second-order valence-corrected chi connectivity index (χ2v) is 12.9. The molecule has 0 aromatic heterocycles. The van der Waals surface area contributed by atoms with Gasteiger partial charge < -0.3 is 4.74 Å². The molecule has 0 aliphatic heterocycles. The quantitative estimate of drug-likeness (QED) is 0.243. The predicted molar refractivity (Wildman–Crippen MR) is 139 cm³/mol. The van der Waals surface area contributed by atoms with Crippen molar-refractivity contribution in [3.05, 3.63) is 34.9 Å². The van der Waals surface area contributed by atoms with Crippen LogP contribution < -0.4 is 0 Å². The topological polar surface area (TPSA) is 60.4 Å². The largest absolute Gasteiger partial charge is 0.466 e. The summed E-state index contributed by atoms with van der Waals surface area (Å²) in [5.74, 6) is 0.528. The SMILES string of the molecule is C=C1CC[C@@](C)([C@H](C)CC(=O)/C=C(/C)C(=O)OC)[C@@]12CCC1=C2CC[C@H]2C(C)(C)C(=O)CC[C@]12C. The standard InChI is InChI=1S/C31H44O4/c1-19(27(34)35-8)17-22(32)18-21(3)30(7)15-11-20(2)31(30)16-12-23-24(31)9-10-25-28(4,5)26(33)13-14-29(23,25)6/h17,21,25H,2,9-16,18H2,1,3-8H3/b19-17-/t21-,25+,29-,30+,31+/m1/s1. The van der Waals surface area contributed by atoms with Gasteiger partial charge in [-0.15, -0.1) is 0 Å². The number of hydrogen-bond donors (Lipinski definition) is 0. The third-order valence-corrected chi connectivity index (χ3v) is 11.2. The normalized spacial score (nSPS) is 37.3. The summed E-state index contributed by atoms with van der Waals surface area (Å²) in [4.78, 5) is 37.6. The van der Waals surface area contributed by atoms with Crippen LogP contribution in [-0.2, 0) is 19.1 Å². The molecule has 4 nitrogen and oxygen atoms in total. The molecule has 4 rings (SSSR count). The van der Waals surface area contributed by atoms with E-state index in [0.29, 0.717) is 30.1 Å². The number of hydrogen-bond acceptors (Lipinski definition) is 4. The van der Waals surface area contributed by atoms with Crippen LogP contribution in [0.4, 0.5) is 0 Å². The molecule has 192 valence electrons. The molecule has 0 aromatic rings. The summed E-state index contributed by atoms with van der Waals surface area (Å²) < 4.78 is 4.76. The van der Waals surface area contributed by atoms with Crippen LogP contribution in [0.2, 0.25) is 0 Å². The van der Waals surface area contributed by atoms with Crippen LogP contribution in [0.3, 0.4) is 0 Å². The minimum atomic E-state index is -0.451. The number of ether oxygens (including phenoxy) is 1. The first-order valence-corrected chi connectivity index (χ1v) is 13.5. The molecule has 1 spiro atoms. The zero-order valence-corrected chi connectivity index (χ0v) is 22.9. The molecule has 0 N–H and O–H groups in total. The van der Waals surface area contributed by atoms with E-state index >= 15 is 0 Å². The van der Waals surface area contributed by atoms with Crippen molar-refractivity contribution < 1.29 is 19.1 Å². The number of fused-ring (bicyclic) bond motifs is 3. The number of ketones is 2. The van der Waals surface area contributed by atoms with E-state index in [-0.39, 0.29) is 33.4 Å². The average Bonchev–Trinajstić information content (AvgIpc) is 3.32. The molecule has 0 saturated heterocycles. The molecule has 0 aromatic carbocycles. The maximum absolute atomic E-state index is 12.9. The summed E-state index contributed by atoms with van der Waals surface area (Å²) in [5.41, 5.74) is 4.63. The highest BCUT2D eigenvalue weighted by atomic mass is 16.5. The van der Waals surface area contributed by atoms with Gasteiger partial charge in [-0.25, -0.2) is 4.79 Å². The fourth-order valence-electron chi connectivity index (χ4n) is 9.03. The minimum absolute atomic E-state index is 0.00954. The van der Waals surface area contributed by atoms with Gasteiger partial charge in [0.1, 0.15) is 5.78 Å². The molecule has 0 heterocycles. The van der Waals surface area contributed by atoms with Gasteiger partial charge in [0, 0.05) is 29.2 Å². The van der Waals surface area contributed by atoms with Gasteiger partial charge in [-0.1, -0.05) is 57.9 Å². The maximum Gasteiger partial charge on any atom is 0.333 e. The van der Waals surface area contributed by atoms with Gasteiger partial charge in [0.15, 0.2) is 5.78 Å². The van der Waals surface area contributed by atoms with Crippen molar-refractivity contribution >= 4 is 17.5 Å². The van der Waals surface area contributed by atoms with Crippen LogP contribution in [0.1, 0.15) is 99.3 Å². The van der Waals surface area contributed by atoms with Gasteiger partial charge in [-0.3, -0.25) is 9.59 Å². The zero-order valence-electron chi connectivity index (χ0n) is 22.9. The van der Waals surface area contributed by atoms with E-state index in [1.165, 1.54) is 18.8 Å². The molecule has 4 aliphatic carbocycles.